The van der Waals surface area contributed by atoms with Gasteiger partial charge in [-0.2, -0.15) is 0 Å². The monoisotopic (exact) mass is 245 g/mol. The third kappa shape index (κ3) is 1.93. The minimum absolute atomic E-state index is 0.301. The number of benzene rings is 1. The van der Waals surface area contributed by atoms with Crippen LogP contribution in [0.1, 0.15) is 5.82 Å². The molecule has 18 heavy (non-hydrogen) atoms. The van der Waals surface area contributed by atoms with E-state index in [1.54, 1.807) is 0 Å². The second-order valence-corrected chi connectivity index (χ2v) is 4.10. The summed E-state index contributed by atoms with van der Waals surface area (Å²) in [6, 6.07) is 5.92. The molecule has 94 valence electrons. The molecule has 2 heterocycles. The molecular formula is C13H15N3O2. The lowest BCUT2D eigenvalue weighted by molar-refractivity contribution is 0.174. The smallest absolute Gasteiger partial charge is 0.231 e. The zero-order chi connectivity index (χ0) is 12.4. The number of aromatic nitrogens is 2. The Morgan fingerprint density at radius 2 is 2.22 bits per heavy atom. The zero-order valence-corrected chi connectivity index (χ0v) is 10.2. The van der Waals surface area contributed by atoms with Gasteiger partial charge in [0.25, 0.3) is 0 Å². The summed E-state index contributed by atoms with van der Waals surface area (Å²) in [5.41, 5.74) is 1.04. The lowest BCUT2D eigenvalue weighted by atomic mass is 10.2. The third-order valence-electron chi connectivity index (χ3n) is 2.95. The summed E-state index contributed by atoms with van der Waals surface area (Å²) in [5, 5.41) is 3.13. The van der Waals surface area contributed by atoms with Crippen molar-refractivity contribution in [2.45, 2.75) is 6.42 Å². The molecule has 0 saturated carbocycles. The van der Waals surface area contributed by atoms with Crippen LogP contribution < -0.4 is 14.8 Å². The summed E-state index contributed by atoms with van der Waals surface area (Å²) in [6.07, 6.45) is 4.66. The van der Waals surface area contributed by atoms with Crippen LogP contribution in [0.15, 0.2) is 30.6 Å². The van der Waals surface area contributed by atoms with Gasteiger partial charge >= 0.3 is 0 Å². The molecular weight excluding hydrogens is 230 g/mol. The van der Waals surface area contributed by atoms with E-state index in [2.05, 4.69) is 14.9 Å². The SMILES string of the molecule is CNCCc1nccn1-c1ccc2c(c1)OCO2. The van der Waals surface area contributed by atoms with Crippen molar-refractivity contribution in [3.05, 3.63) is 36.4 Å². The molecule has 0 amide bonds. The summed E-state index contributed by atoms with van der Waals surface area (Å²) in [7, 11) is 1.94. The van der Waals surface area contributed by atoms with E-state index in [1.807, 2.05) is 37.6 Å². The normalized spacial score (nSPS) is 12.9. The summed E-state index contributed by atoms with van der Waals surface area (Å²) in [4.78, 5) is 4.37. The Morgan fingerprint density at radius 3 is 3.11 bits per heavy atom. The second kappa shape index (κ2) is 4.70. The zero-order valence-electron chi connectivity index (χ0n) is 10.2. The van der Waals surface area contributed by atoms with Crippen LogP contribution in [0.4, 0.5) is 0 Å². The Kier molecular flexibility index (Phi) is 2.90. The Balaban J connectivity index is 1.92. The lowest BCUT2D eigenvalue weighted by Gasteiger charge is -2.08. The number of rotatable bonds is 4. The van der Waals surface area contributed by atoms with Crippen LogP contribution in [0, 0.1) is 0 Å². The first-order valence-electron chi connectivity index (χ1n) is 5.95. The van der Waals surface area contributed by atoms with Gasteiger partial charge in [0.05, 0.1) is 5.69 Å². The van der Waals surface area contributed by atoms with Gasteiger partial charge in [-0.25, -0.2) is 4.98 Å². The molecule has 3 rings (SSSR count). The number of hydrogen-bond donors (Lipinski definition) is 1. The fraction of sp³-hybridized carbons (Fsp3) is 0.308. The Morgan fingerprint density at radius 1 is 1.33 bits per heavy atom. The molecule has 0 spiro atoms. The van der Waals surface area contributed by atoms with Crippen molar-refractivity contribution in [2.24, 2.45) is 0 Å². The number of hydrogen-bond acceptors (Lipinski definition) is 4. The average molecular weight is 245 g/mol. The van der Waals surface area contributed by atoms with E-state index in [9.17, 15) is 0 Å². The molecule has 0 fully saturated rings. The maximum Gasteiger partial charge on any atom is 0.231 e. The third-order valence-corrected chi connectivity index (χ3v) is 2.95. The highest BCUT2D eigenvalue weighted by Crippen LogP contribution is 2.33. The molecule has 1 aliphatic rings. The molecule has 0 radical (unpaired) electrons. The van der Waals surface area contributed by atoms with Gasteiger partial charge in [-0.15, -0.1) is 0 Å². The van der Waals surface area contributed by atoms with Crippen molar-refractivity contribution in [3.63, 3.8) is 0 Å². The van der Waals surface area contributed by atoms with Crippen molar-refractivity contribution in [1.82, 2.24) is 14.9 Å². The molecule has 1 N–H and O–H groups in total. The van der Waals surface area contributed by atoms with Gasteiger partial charge in [0.1, 0.15) is 5.82 Å². The van der Waals surface area contributed by atoms with Gasteiger partial charge < -0.3 is 19.4 Å². The second-order valence-electron chi connectivity index (χ2n) is 4.10. The largest absolute Gasteiger partial charge is 0.454 e. The van der Waals surface area contributed by atoms with Crippen LogP contribution in [0.3, 0.4) is 0 Å². The maximum atomic E-state index is 5.39. The van der Waals surface area contributed by atoms with Gasteiger partial charge in [-0.05, 0) is 19.2 Å². The first-order valence-corrected chi connectivity index (χ1v) is 5.95. The first kappa shape index (κ1) is 11.1. The van der Waals surface area contributed by atoms with Crippen LogP contribution in [0.2, 0.25) is 0 Å². The number of ether oxygens (including phenoxy) is 2. The molecule has 1 aliphatic heterocycles. The first-order chi connectivity index (χ1) is 8.88. The lowest BCUT2D eigenvalue weighted by Crippen LogP contribution is -2.13. The van der Waals surface area contributed by atoms with Crippen molar-refractivity contribution in [1.29, 1.82) is 0 Å². The van der Waals surface area contributed by atoms with Gasteiger partial charge in [0.15, 0.2) is 11.5 Å². The fourth-order valence-electron chi connectivity index (χ4n) is 2.03. The summed E-state index contributed by atoms with van der Waals surface area (Å²) in [5.74, 6) is 2.62. The van der Waals surface area contributed by atoms with Crippen molar-refractivity contribution >= 4 is 0 Å². The molecule has 0 atom stereocenters. The van der Waals surface area contributed by atoms with Crippen LogP contribution in [-0.2, 0) is 6.42 Å². The number of nitrogens with zero attached hydrogens (tertiary/aromatic N) is 2. The fourth-order valence-corrected chi connectivity index (χ4v) is 2.03. The van der Waals surface area contributed by atoms with Gasteiger partial charge in [0.2, 0.25) is 6.79 Å². The van der Waals surface area contributed by atoms with Crippen LogP contribution in [0.25, 0.3) is 5.69 Å². The van der Waals surface area contributed by atoms with Crippen molar-refractivity contribution < 1.29 is 9.47 Å². The molecule has 0 saturated heterocycles. The Labute approximate surface area is 105 Å². The molecule has 0 bridgehead atoms. The highest BCUT2D eigenvalue weighted by molar-refractivity contribution is 5.50. The van der Waals surface area contributed by atoms with Gasteiger partial charge in [0, 0.05) is 31.4 Å². The minimum atomic E-state index is 0.301. The molecule has 1 aromatic heterocycles. The maximum absolute atomic E-state index is 5.39. The quantitative estimate of drug-likeness (QED) is 0.883. The number of likely N-dealkylation sites (N-methyl/N-ethyl adjacent to an activating group) is 1. The van der Waals surface area contributed by atoms with Crippen LogP contribution in [-0.4, -0.2) is 29.9 Å². The highest BCUT2D eigenvalue weighted by atomic mass is 16.7. The minimum Gasteiger partial charge on any atom is -0.454 e. The van der Waals surface area contributed by atoms with E-state index in [0.29, 0.717) is 6.79 Å². The van der Waals surface area contributed by atoms with Crippen molar-refractivity contribution in [3.8, 4) is 17.2 Å². The van der Waals surface area contributed by atoms with Crippen LogP contribution in [0.5, 0.6) is 11.5 Å². The van der Waals surface area contributed by atoms with Crippen LogP contribution >= 0.6 is 0 Å². The number of nitrogens with one attached hydrogen (secondary N) is 1. The number of fused-ring (bicyclic) bond motifs is 1. The predicted molar refractivity (Wildman–Crippen MR) is 67.3 cm³/mol. The summed E-state index contributed by atoms with van der Waals surface area (Å²) in [6.45, 7) is 1.21. The van der Waals surface area contributed by atoms with E-state index in [1.165, 1.54) is 0 Å². The van der Waals surface area contributed by atoms with E-state index in [-0.39, 0.29) is 0 Å². The van der Waals surface area contributed by atoms with Gasteiger partial charge in [-0.3, -0.25) is 0 Å². The molecule has 0 unspecified atom stereocenters. The van der Waals surface area contributed by atoms with E-state index in [4.69, 9.17) is 9.47 Å². The Hall–Kier alpha value is -2.01. The topological polar surface area (TPSA) is 48.3 Å². The Bertz CT molecular complexity index is 551. The summed E-state index contributed by atoms with van der Waals surface area (Å²) < 4.78 is 12.8. The average Bonchev–Trinajstić information content (AvgIpc) is 3.03. The molecule has 2 aromatic rings. The predicted octanol–water partition coefficient (Wildman–Crippen LogP) is 1.36. The molecule has 5 nitrogen and oxygen atoms in total. The summed E-state index contributed by atoms with van der Waals surface area (Å²) >= 11 is 0. The van der Waals surface area contributed by atoms with Crippen molar-refractivity contribution in [2.75, 3.05) is 20.4 Å². The molecule has 5 heteroatoms. The van der Waals surface area contributed by atoms with E-state index >= 15 is 0 Å². The molecule has 0 aliphatic carbocycles. The highest BCUT2D eigenvalue weighted by Gasteiger charge is 2.14. The van der Waals surface area contributed by atoms with E-state index < -0.39 is 0 Å². The van der Waals surface area contributed by atoms with E-state index in [0.717, 1.165) is 36.0 Å². The standard InChI is InChI=1S/C13H15N3O2/c1-14-5-4-13-15-6-7-16(13)10-2-3-11-12(8-10)18-9-17-11/h2-3,6-8,14H,4-5,9H2,1H3. The van der Waals surface area contributed by atoms with Gasteiger partial charge in [-0.1, -0.05) is 0 Å². The number of imidazole rings is 1. The molecule has 1 aromatic carbocycles.